The summed E-state index contributed by atoms with van der Waals surface area (Å²) >= 11 is 0. The Labute approximate surface area is 201 Å². The molecule has 8 nitrogen and oxygen atoms in total. The van der Waals surface area contributed by atoms with Crippen LogP contribution in [0.15, 0.2) is 29.1 Å². The van der Waals surface area contributed by atoms with Crippen molar-refractivity contribution in [3.63, 3.8) is 0 Å². The minimum absolute atomic E-state index is 0.0367. The molecule has 0 aliphatic heterocycles. The summed E-state index contributed by atoms with van der Waals surface area (Å²) in [5.74, 6) is 1.70. The number of aromatic amines is 1. The minimum Gasteiger partial charge on any atom is -0.494 e. The first-order valence-electron chi connectivity index (χ1n) is 12.6. The molecule has 1 N–H and O–H groups in total. The van der Waals surface area contributed by atoms with E-state index in [0.29, 0.717) is 19.2 Å². The van der Waals surface area contributed by atoms with Crippen LogP contribution in [0.5, 0.6) is 5.75 Å². The van der Waals surface area contributed by atoms with Gasteiger partial charge in [-0.05, 0) is 81.6 Å². The van der Waals surface area contributed by atoms with Crippen molar-refractivity contribution >= 4 is 10.9 Å². The van der Waals surface area contributed by atoms with Gasteiger partial charge in [-0.1, -0.05) is 26.2 Å². The molecule has 4 rings (SSSR count). The van der Waals surface area contributed by atoms with Crippen LogP contribution in [0.25, 0.3) is 10.9 Å². The van der Waals surface area contributed by atoms with Crippen molar-refractivity contribution in [3.8, 4) is 5.75 Å². The highest BCUT2D eigenvalue weighted by molar-refractivity contribution is 5.80. The monoisotopic (exact) mass is 466 g/mol. The van der Waals surface area contributed by atoms with Gasteiger partial charge in [-0.15, -0.1) is 5.10 Å². The number of tetrazole rings is 1. The molecule has 184 valence electrons. The predicted molar refractivity (Wildman–Crippen MR) is 134 cm³/mol. The number of hydrogen-bond acceptors (Lipinski definition) is 6. The summed E-state index contributed by atoms with van der Waals surface area (Å²) in [6.07, 6.45) is 6.66. The van der Waals surface area contributed by atoms with E-state index >= 15 is 0 Å². The van der Waals surface area contributed by atoms with E-state index in [2.05, 4.69) is 53.1 Å². The lowest BCUT2D eigenvalue weighted by Gasteiger charge is -2.36. The quantitative estimate of drug-likeness (QED) is 0.480. The Morgan fingerprint density at radius 2 is 1.97 bits per heavy atom. The number of nitrogens with zero attached hydrogens (tertiary/aromatic N) is 5. The second kappa shape index (κ2) is 10.3. The molecular weight excluding hydrogens is 428 g/mol. The summed E-state index contributed by atoms with van der Waals surface area (Å²) in [5, 5.41) is 13.9. The van der Waals surface area contributed by atoms with Crippen LogP contribution in [0.4, 0.5) is 0 Å². The molecule has 8 heteroatoms. The molecule has 0 saturated heterocycles. The van der Waals surface area contributed by atoms with Crippen molar-refractivity contribution in [2.24, 2.45) is 0 Å². The number of nitrogens with one attached hydrogen (secondary N) is 1. The summed E-state index contributed by atoms with van der Waals surface area (Å²) < 4.78 is 7.64. The summed E-state index contributed by atoms with van der Waals surface area (Å²) in [5.41, 5.74) is 1.34. The van der Waals surface area contributed by atoms with Gasteiger partial charge in [-0.25, -0.2) is 4.68 Å². The van der Waals surface area contributed by atoms with Crippen LogP contribution in [-0.2, 0) is 12.1 Å². The third-order valence-corrected chi connectivity index (χ3v) is 6.74. The molecule has 1 aromatic carbocycles. The van der Waals surface area contributed by atoms with Crippen molar-refractivity contribution in [1.29, 1.82) is 0 Å². The Hall–Kier alpha value is -2.74. The summed E-state index contributed by atoms with van der Waals surface area (Å²) in [4.78, 5) is 18.7. The van der Waals surface area contributed by atoms with Crippen LogP contribution in [0.1, 0.15) is 90.6 Å². The average molecular weight is 467 g/mol. The van der Waals surface area contributed by atoms with Crippen molar-refractivity contribution < 1.29 is 4.74 Å². The van der Waals surface area contributed by atoms with Gasteiger partial charge in [0.25, 0.3) is 5.56 Å². The summed E-state index contributed by atoms with van der Waals surface area (Å²) in [7, 11) is 0. The van der Waals surface area contributed by atoms with Crippen LogP contribution in [0.3, 0.4) is 0 Å². The number of hydrogen-bond donors (Lipinski definition) is 1. The van der Waals surface area contributed by atoms with Gasteiger partial charge in [-0.2, -0.15) is 0 Å². The number of rotatable bonds is 9. The molecule has 1 fully saturated rings. The molecule has 0 radical (unpaired) electrons. The Morgan fingerprint density at radius 1 is 1.21 bits per heavy atom. The lowest BCUT2D eigenvalue weighted by atomic mass is 10.0. The second-order valence-corrected chi connectivity index (χ2v) is 10.3. The van der Waals surface area contributed by atoms with E-state index < -0.39 is 0 Å². The maximum Gasteiger partial charge on any atom is 0.252 e. The fourth-order valence-electron chi connectivity index (χ4n) is 5.13. The molecule has 0 amide bonds. The van der Waals surface area contributed by atoms with Gasteiger partial charge in [0.15, 0.2) is 5.82 Å². The van der Waals surface area contributed by atoms with Crippen molar-refractivity contribution in [2.45, 2.75) is 97.3 Å². The highest BCUT2D eigenvalue weighted by atomic mass is 16.5. The number of pyridine rings is 1. The first-order chi connectivity index (χ1) is 16.3. The molecule has 34 heavy (non-hydrogen) atoms. The normalized spacial score (nSPS) is 15.9. The van der Waals surface area contributed by atoms with Gasteiger partial charge in [0.05, 0.1) is 18.2 Å². The highest BCUT2D eigenvalue weighted by Crippen LogP contribution is 2.35. The highest BCUT2D eigenvalue weighted by Gasteiger charge is 2.35. The van der Waals surface area contributed by atoms with Crippen molar-refractivity contribution in [1.82, 2.24) is 30.1 Å². The Balaban J connectivity index is 1.75. The van der Waals surface area contributed by atoms with Crippen LogP contribution in [-0.4, -0.2) is 42.7 Å². The molecule has 1 aliphatic carbocycles. The second-order valence-electron chi connectivity index (χ2n) is 10.3. The van der Waals surface area contributed by atoms with Crippen LogP contribution < -0.4 is 10.3 Å². The summed E-state index contributed by atoms with van der Waals surface area (Å²) in [6, 6.07) is 8.29. The van der Waals surface area contributed by atoms with Gasteiger partial charge in [0.1, 0.15) is 5.75 Å². The molecule has 2 heterocycles. The zero-order chi connectivity index (χ0) is 24.3. The van der Waals surface area contributed by atoms with E-state index in [9.17, 15) is 4.79 Å². The van der Waals surface area contributed by atoms with Crippen LogP contribution >= 0.6 is 0 Å². The molecule has 1 aliphatic rings. The van der Waals surface area contributed by atoms with Gasteiger partial charge < -0.3 is 9.72 Å². The van der Waals surface area contributed by atoms with E-state index in [1.807, 2.05) is 35.9 Å². The Morgan fingerprint density at radius 3 is 2.65 bits per heavy atom. The largest absolute Gasteiger partial charge is 0.494 e. The van der Waals surface area contributed by atoms with Crippen LogP contribution in [0, 0.1) is 0 Å². The number of benzene rings is 1. The molecule has 3 aromatic rings. The fraction of sp³-hybridized carbons (Fsp3) is 0.615. The molecule has 0 spiro atoms. The first-order valence-corrected chi connectivity index (χ1v) is 12.6. The lowest BCUT2D eigenvalue weighted by molar-refractivity contribution is 0.104. The molecule has 0 bridgehead atoms. The van der Waals surface area contributed by atoms with E-state index in [1.54, 1.807) is 0 Å². The third kappa shape index (κ3) is 5.17. The van der Waals surface area contributed by atoms with Crippen molar-refractivity contribution in [3.05, 3.63) is 46.0 Å². The fourth-order valence-corrected chi connectivity index (χ4v) is 5.13. The molecule has 2 aromatic heterocycles. The zero-order valence-corrected chi connectivity index (χ0v) is 21.2. The minimum atomic E-state index is -0.220. The molecular formula is C26H38N6O2. The molecule has 1 atom stereocenters. The first kappa shape index (κ1) is 24.4. The number of aromatic nitrogens is 5. The smallest absolute Gasteiger partial charge is 0.252 e. The Bertz CT molecular complexity index is 1160. The number of H-pyrrole nitrogens is 1. The van der Waals surface area contributed by atoms with E-state index in [0.717, 1.165) is 53.7 Å². The SMILES string of the molecule is CCC[C@H](c1nnnn1C(C)(C)C)N(Cc1cc2cc(OCC)ccc2[nH]c1=O)C1CCCC1. The van der Waals surface area contributed by atoms with E-state index in [-0.39, 0.29) is 17.1 Å². The van der Waals surface area contributed by atoms with Crippen LogP contribution in [0.2, 0.25) is 0 Å². The van der Waals surface area contributed by atoms with Gasteiger partial charge in [0, 0.05) is 29.1 Å². The predicted octanol–water partition coefficient (Wildman–Crippen LogP) is 4.95. The lowest BCUT2D eigenvalue weighted by Crippen LogP contribution is -2.40. The molecule has 0 unspecified atom stereocenters. The van der Waals surface area contributed by atoms with Crippen molar-refractivity contribution in [2.75, 3.05) is 6.61 Å². The number of fused-ring (bicyclic) bond motifs is 1. The zero-order valence-electron chi connectivity index (χ0n) is 21.2. The summed E-state index contributed by atoms with van der Waals surface area (Å²) in [6.45, 7) is 11.7. The maximum absolute atomic E-state index is 13.1. The standard InChI is InChI=1S/C26H38N6O2/c1-6-10-23(24-28-29-30-32(24)26(3,4)5)31(20-11-8-9-12-20)17-19-15-18-16-21(34-7-2)13-14-22(18)27-25(19)33/h13-16,20,23H,6-12,17H2,1-5H3,(H,27,33)/t23-/m1/s1. The third-order valence-electron chi connectivity index (χ3n) is 6.74. The topological polar surface area (TPSA) is 88.9 Å². The van der Waals surface area contributed by atoms with Gasteiger partial charge in [0.2, 0.25) is 0 Å². The van der Waals surface area contributed by atoms with E-state index in [4.69, 9.17) is 4.74 Å². The average Bonchev–Trinajstić information content (AvgIpc) is 3.49. The van der Waals surface area contributed by atoms with E-state index in [1.165, 1.54) is 12.8 Å². The molecule has 1 saturated carbocycles. The Kier molecular flexibility index (Phi) is 7.36. The van der Waals surface area contributed by atoms with Gasteiger partial charge in [-0.3, -0.25) is 9.69 Å². The number of ether oxygens (including phenoxy) is 1. The maximum atomic E-state index is 13.1. The van der Waals surface area contributed by atoms with Gasteiger partial charge >= 0.3 is 0 Å².